The molecule has 1 saturated heterocycles. The fourth-order valence-electron chi connectivity index (χ4n) is 3.27. The van der Waals surface area contributed by atoms with E-state index in [0.29, 0.717) is 24.9 Å². The van der Waals surface area contributed by atoms with Gasteiger partial charge in [-0.3, -0.25) is 4.79 Å². The molecule has 5 nitrogen and oxygen atoms in total. The third kappa shape index (κ3) is 3.14. The molecule has 1 aliphatic heterocycles. The lowest BCUT2D eigenvalue weighted by Gasteiger charge is -2.32. The Kier molecular flexibility index (Phi) is 4.68. The van der Waals surface area contributed by atoms with E-state index in [1.54, 1.807) is 0 Å². The van der Waals surface area contributed by atoms with Crippen molar-refractivity contribution in [1.29, 1.82) is 0 Å². The SMILES string of the molecule is CC(C)C1CCC(C(=O)NC2(C(=O)O)CCOC2)CC1. The molecule has 0 aromatic heterocycles. The number of nitrogens with one attached hydrogen (secondary N) is 1. The lowest BCUT2D eigenvalue weighted by Crippen LogP contribution is -2.56. The highest BCUT2D eigenvalue weighted by molar-refractivity contribution is 5.88. The van der Waals surface area contributed by atoms with Crippen LogP contribution in [-0.2, 0) is 14.3 Å². The standard InChI is InChI=1S/C15H25NO4/c1-10(2)11-3-5-12(6-4-11)13(17)16-15(14(18)19)7-8-20-9-15/h10-12H,3-9H2,1-2H3,(H,16,17)(H,18,19). The van der Waals surface area contributed by atoms with Crippen molar-refractivity contribution in [2.24, 2.45) is 17.8 Å². The van der Waals surface area contributed by atoms with Crippen LogP contribution in [0.3, 0.4) is 0 Å². The fraction of sp³-hybridized carbons (Fsp3) is 0.867. The van der Waals surface area contributed by atoms with Gasteiger partial charge in [-0.1, -0.05) is 13.8 Å². The lowest BCUT2D eigenvalue weighted by atomic mass is 9.76. The molecule has 1 saturated carbocycles. The third-order valence-corrected chi connectivity index (χ3v) is 4.88. The third-order valence-electron chi connectivity index (χ3n) is 4.88. The average Bonchev–Trinajstić information content (AvgIpc) is 2.88. The molecule has 2 fully saturated rings. The second kappa shape index (κ2) is 6.12. The summed E-state index contributed by atoms with van der Waals surface area (Å²) in [5.41, 5.74) is -1.20. The smallest absolute Gasteiger partial charge is 0.331 e. The van der Waals surface area contributed by atoms with E-state index < -0.39 is 11.5 Å². The first kappa shape index (κ1) is 15.3. The van der Waals surface area contributed by atoms with Gasteiger partial charge in [-0.05, 0) is 37.5 Å². The average molecular weight is 283 g/mol. The van der Waals surface area contributed by atoms with Crippen LogP contribution >= 0.6 is 0 Å². The largest absolute Gasteiger partial charge is 0.479 e. The van der Waals surface area contributed by atoms with Crippen LogP contribution < -0.4 is 5.32 Å². The zero-order valence-corrected chi connectivity index (χ0v) is 12.4. The summed E-state index contributed by atoms with van der Waals surface area (Å²) in [7, 11) is 0. The van der Waals surface area contributed by atoms with Gasteiger partial charge in [-0.15, -0.1) is 0 Å². The second-order valence-corrected chi connectivity index (χ2v) is 6.53. The van der Waals surface area contributed by atoms with Crippen molar-refractivity contribution < 1.29 is 19.4 Å². The maximum atomic E-state index is 12.3. The number of rotatable bonds is 4. The van der Waals surface area contributed by atoms with Gasteiger partial charge in [0.05, 0.1) is 6.61 Å². The van der Waals surface area contributed by atoms with Crippen LogP contribution in [0.1, 0.15) is 46.0 Å². The quantitative estimate of drug-likeness (QED) is 0.825. The minimum atomic E-state index is -1.20. The number of hydrogen-bond acceptors (Lipinski definition) is 3. The van der Waals surface area contributed by atoms with E-state index >= 15 is 0 Å². The number of carboxylic acid groups (broad SMARTS) is 1. The Labute approximate surface area is 120 Å². The van der Waals surface area contributed by atoms with E-state index in [1.807, 2.05) is 0 Å². The monoisotopic (exact) mass is 283 g/mol. The number of carbonyl (C=O) groups is 2. The Morgan fingerprint density at radius 1 is 1.25 bits per heavy atom. The van der Waals surface area contributed by atoms with Crippen LogP contribution in [0.25, 0.3) is 0 Å². The number of hydrogen-bond donors (Lipinski definition) is 2. The maximum absolute atomic E-state index is 12.3. The first-order valence-corrected chi connectivity index (χ1v) is 7.58. The molecule has 0 bridgehead atoms. The van der Waals surface area contributed by atoms with E-state index in [0.717, 1.165) is 25.7 Å². The number of aliphatic carboxylic acids is 1. The van der Waals surface area contributed by atoms with Gasteiger partial charge in [0.25, 0.3) is 0 Å². The molecule has 2 aliphatic rings. The van der Waals surface area contributed by atoms with Gasteiger partial charge in [-0.25, -0.2) is 4.79 Å². The minimum absolute atomic E-state index is 0.0400. The summed E-state index contributed by atoms with van der Waals surface area (Å²) in [5, 5.41) is 12.1. The van der Waals surface area contributed by atoms with E-state index in [9.17, 15) is 14.7 Å². The molecule has 0 spiro atoms. The van der Waals surface area contributed by atoms with Gasteiger partial charge < -0.3 is 15.2 Å². The van der Waals surface area contributed by atoms with Crippen molar-refractivity contribution in [3.8, 4) is 0 Å². The summed E-state index contributed by atoms with van der Waals surface area (Å²) in [6.07, 6.45) is 4.21. The molecule has 2 N–H and O–H groups in total. The maximum Gasteiger partial charge on any atom is 0.331 e. The Morgan fingerprint density at radius 3 is 2.35 bits per heavy atom. The van der Waals surface area contributed by atoms with Crippen molar-refractivity contribution in [1.82, 2.24) is 5.32 Å². The van der Waals surface area contributed by atoms with Crippen LogP contribution in [-0.4, -0.2) is 35.7 Å². The molecular formula is C15H25NO4. The topological polar surface area (TPSA) is 75.6 Å². The number of amides is 1. The molecular weight excluding hydrogens is 258 g/mol. The van der Waals surface area contributed by atoms with Gasteiger partial charge >= 0.3 is 5.97 Å². The molecule has 1 aliphatic carbocycles. The first-order valence-electron chi connectivity index (χ1n) is 7.58. The molecule has 1 amide bonds. The van der Waals surface area contributed by atoms with E-state index in [-0.39, 0.29) is 18.4 Å². The highest BCUT2D eigenvalue weighted by Gasteiger charge is 2.45. The van der Waals surface area contributed by atoms with E-state index in [2.05, 4.69) is 19.2 Å². The molecule has 20 heavy (non-hydrogen) atoms. The normalized spacial score (nSPS) is 34.1. The molecule has 0 aromatic rings. The molecule has 2 rings (SSSR count). The zero-order valence-electron chi connectivity index (χ0n) is 12.4. The predicted molar refractivity (Wildman–Crippen MR) is 74.2 cm³/mol. The van der Waals surface area contributed by atoms with E-state index in [1.165, 1.54) is 0 Å². The summed E-state index contributed by atoms with van der Waals surface area (Å²) in [4.78, 5) is 23.7. The Balaban J connectivity index is 1.91. The molecule has 0 radical (unpaired) electrons. The highest BCUT2D eigenvalue weighted by Crippen LogP contribution is 2.34. The Hall–Kier alpha value is -1.10. The first-order chi connectivity index (χ1) is 9.44. The minimum Gasteiger partial charge on any atom is -0.479 e. The van der Waals surface area contributed by atoms with Crippen LogP contribution in [0.4, 0.5) is 0 Å². The molecule has 1 atom stereocenters. The van der Waals surface area contributed by atoms with Crippen LogP contribution in [0.15, 0.2) is 0 Å². The highest BCUT2D eigenvalue weighted by atomic mass is 16.5. The Morgan fingerprint density at radius 2 is 1.90 bits per heavy atom. The van der Waals surface area contributed by atoms with Gasteiger partial charge in [0, 0.05) is 18.9 Å². The summed E-state index contributed by atoms with van der Waals surface area (Å²) in [6.45, 7) is 4.92. The zero-order chi connectivity index (χ0) is 14.8. The molecule has 1 heterocycles. The lowest BCUT2D eigenvalue weighted by molar-refractivity contribution is -0.148. The molecule has 5 heteroatoms. The van der Waals surface area contributed by atoms with Crippen LogP contribution in [0.5, 0.6) is 0 Å². The van der Waals surface area contributed by atoms with Crippen molar-refractivity contribution in [2.45, 2.75) is 51.5 Å². The summed E-state index contributed by atoms with van der Waals surface area (Å²) < 4.78 is 5.16. The van der Waals surface area contributed by atoms with Crippen LogP contribution in [0, 0.1) is 17.8 Å². The van der Waals surface area contributed by atoms with Crippen molar-refractivity contribution >= 4 is 11.9 Å². The molecule has 0 aromatic carbocycles. The van der Waals surface area contributed by atoms with Gasteiger partial charge in [0.1, 0.15) is 0 Å². The second-order valence-electron chi connectivity index (χ2n) is 6.53. The van der Waals surface area contributed by atoms with Crippen LogP contribution in [0.2, 0.25) is 0 Å². The number of ether oxygens (including phenoxy) is 1. The van der Waals surface area contributed by atoms with Gasteiger partial charge in [-0.2, -0.15) is 0 Å². The molecule has 1 unspecified atom stereocenters. The number of carboxylic acids is 1. The van der Waals surface area contributed by atoms with Gasteiger partial charge in [0.2, 0.25) is 5.91 Å². The fourth-order valence-corrected chi connectivity index (χ4v) is 3.27. The van der Waals surface area contributed by atoms with Gasteiger partial charge in [0.15, 0.2) is 5.54 Å². The predicted octanol–water partition coefficient (Wildman–Crippen LogP) is 1.81. The summed E-state index contributed by atoms with van der Waals surface area (Å²) in [6, 6.07) is 0. The van der Waals surface area contributed by atoms with E-state index in [4.69, 9.17) is 4.74 Å². The van der Waals surface area contributed by atoms with Crippen molar-refractivity contribution in [3.63, 3.8) is 0 Å². The summed E-state index contributed by atoms with van der Waals surface area (Å²) >= 11 is 0. The Bertz CT molecular complexity index is 366. The molecule has 114 valence electrons. The van der Waals surface area contributed by atoms with Crippen molar-refractivity contribution in [3.05, 3.63) is 0 Å². The summed E-state index contributed by atoms with van der Waals surface area (Å²) in [5.74, 6) is 0.219. The van der Waals surface area contributed by atoms with Crippen molar-refractivity contribution in [2.75, 3.05) is 13.2 Å². The number of carbonyl (C=O) groups excluding carboxylic acids is 1.